The Kier molecular flexibility index (Phi) is 7.52. The Bertz CT molecular complexity index is 1050. The highest BCUT2D eigenvalue weighted by Gasteiger charge is 2.35. The maximum atomic E-state index is 13.4. The summed E-state index contributed by atoms with van der Waals surface area (Å²) in [6, 6.07) is 1.03. The summed E-state index contributed by atoms with van der Waals surface area (Å²) in [5.74, 6) is 0.476. The first-order chi connectivity index (χ1) is 15.3. The second-order valence-electron chi connectivity index (χ2n) is 9.15. The van der Waals surface area contributed by atoms with E-state index >= 15 is 0 Å². The van der Waals surface area contributed by atoms with Crippen molar-refractivity contribution < 1.29 is 13.2 Å². The van der Waals surface area contributed by atoms with Crippen LogP contribution in [0.1, 0.15) is 45.1 Å². The molecule has 2 aromatic rings. The van der Waals surface area contributed by atoms with Crippen molar-refractivity contribution in [1.29, 1.82) is 0 Å². The van der Waals surface area contributed by atoms with Crippen molar-refractivity contribution in [2.45, 2.75) is 51.7 Å². The number of aromatic amines is 1. The Morgan fingerprint density at radius 3 is 2.27 bits per heavy atom. The van der Waals surface area contributed by atoms with Crippen molar-refractivity contribution in [2.75, 3.05) is 37.6 Å². The van der Waals surface area contributed by atoms with Crippen LogP contribution in [-0.2, 0) is 18.1 Å². The Morgan fingerprint density at radius 1 is 1.03 bits per heavy atom. The minimum Gasteiger partial charge on any atom is -0.354 e. The Labute approximate surface area is 194 Å². The van der Waals surface area contributed by atoms with Crippen molar-refractivity contribution in [3.8, 4) is 0 Å². The monoisotopic (exact) mass is 488 g/mol. The number of alkyl halides is 3. The molecule has 0 unspecified atom stereocenters. The zero-order chi connectivity index (χ0) is 24.4. The van der Waals surface area contributed by atoms with E-state index in [-0.39, 0.29) is 10.8 Å². The molecular formula is C21H28ClF3N6O2. The van der Waals surface area contributed by atoms with Gasteiger partial charge in [0.25, 0.3) is 5.56 Å². The van der Waals surface area contributed by atoms with E-state index < -0.39 is 28.5 Å². The van der Waals surface area contributed by atoms with Crippen molar-refractivity contribution in [2.24, 2.45) is 0 Å². The summed E-state index contributed by atoms with van der Waals surface area (Å²) in [5.41, 5.74) is -2.61. The molecule has 182 valence electrons. The second-order valence-corrected chi connectivity index (χ2v) is 9.56. The van der Waals surface area contributed by atoms with Crippen LogP contribution in [0.3, 0.4) is 0 Å². The highest BCUT2D eigenvalue weighted by Crippen LogP contribution is 2.32. The SMILES string of the molecule is CC(C)(C)c1nc(N2CCN(CCCCn3cc(Cl)c(=O)[nH]c3=O)CC2)cc(C(F)(F)F)n1. The molecule has 1 aliphatic rings. The number of anilines is 1. The zero-order valence-electron chi connectivity index (χ0n) is 18.9. The van der Waals surface area contributed by atoms with Gasteiger partial charge in [0, 0.05) is 50.4 Å². The van der Waals surface area contributed by atoms with E-state index in [0.29, 0.717) is 38.5 Å². The molecule has 1 N–H and O–H groups in total. The molecule has 33 heavy (non-hydrogen) atoms. The number of nitrogens with zero attached hydrogens (tertiary/aromatic N) is 5. The van der Waals surface area contributed by atoms with Crippen LogP contribution < -0.4 is 16.1 Å². The van der Waals surface area contributed by atoms with Gasteiger partial charge in [0.1, 0.15) is 22.4 Å². The molecule has 0 atom stereocenters. The average molecular weight is 489 g/mol. The molecule has 1 aliphatic heterocycles. The Hall–Kier alpha value is -2.40. The standard InChI is InChI=1S/C21H28ClF3N6O2/c1-20(2,3)18-26-15(21(23,24)25)12-16(27-18)30-10-8-29(9-11-30)6-4-5-7-31-13-14(22)17(32)28-19(31)33/h12-13H,4-11H2,1-3H3,(H,28,32,33). The molecule has 0 aromatic carbocycles. The van der Waals surface area contributed by atoms with E-state index in [0.717, 1.165) is 25.5 Å². The fourth-order valence-corrected chi connectivity index (χ4v) is 3.71. The number of hydrogen-bond donors (Lipinski definition) is 1. The number of halogens is 4. The largest absolute Gasteiger partial charge is 0.433 e. The maximum Gasteiger partial charge on any atom is 0.433 e. The van der Waals surface area contributed by atoms with Gasteiger partial charge in [0.05, 0.1) is 0 Å². The molecular weight excluding hydrogens is 461 g/mol. The van der Waals surface area contributed by atoms with Crippen LogP contribution in [0.2, 0.25) is 5.02 Å². The molecule has 0 amide bonds. The minimum atomic E-state index is -4.53. The summed E-state index contributed by atoms with van der Waals surface area (Å²) >= 11 is 5.77. The van der Waals surface area contributed by atoms with E-state index in [1.54, 1.807) is 20.8 Å². The van der Waals surface area contributed by atoms with Crippen LogP contribution in [0.5, 0.6) is 0 Å². The van der Waals surface area contributed by atoms with E-state index in [1.807, 2.05) is 4.90 Å². The molecule has 0 radical (unpaired) electrons. The van der Waals surface area contributed by atoms with Crippen LogP contribution >= 0.6 is 11.6 Å². The van der Waals surface area contributed by atoms with Crippen LogP contribution in [0.4, 0.5) is 19.0 Å². The lowest BCUT2D eigenvalue weighted by Gasteiger charge is -2.36. The fraction of sp³-hybridized carbons (Fsp3) is 0.619. The lowest BCUT2D eigenvalue weighted by Crippen LogP contribution is -2.47. The molecule has 1 fully saturated rings. The first kappa shape index (κ1) is 25.2. The van der Waals surface area contributed by atoms with Gasteiger partial charge in [-0.05, 0) is 19.4 Å². The van der Waals surface area contributed by atoms with Gasteiger partial charge in [-0.1, -0.05) is 32.4 Å². The van der Waals surface area contributed by atoms with Crippen molar-refractivity contribution in [1.82, 2.24) is 24.4 Å². The van der Waals surface area contributed by atoms with Gasteiger partial charge in [0.2, 0.25) is 0 Å². The third kappa shape index (κ3) is 6.57. The van der Waals surface area contributed by atoms with Crippen LogP contribution in [0.25, 0.3) is 0 Å². The summed E-state index contributed by atoms with van der Waals surface area (Å²) in [4.78, 5) is 37.5. The smallest absolute Gasteiger partial charge is 0.354 e. The highest BCUT2D eigenvalue weighted by molar-refractivity contribution is 6.30. The quantitative estimate of drug-likeness (QED) is 0.629. The topological polar surface area (TPSA) is 87.1 Å². The van der Waals surface area contributed by atoms with Crippen LogP contribution in [0.15, 0.2) is 21.9 Å². The fourth-order valence-electron chi connectivity index (χ4n) is 3.54. The number of aromatic nitrogens is 4. The lowest BCUT2D eigenvalue weighted by molar-refractivity contribution is -0.141. The lowest BCUT2D eigenvalue weighted by atomic mass is 9.95. The number of H-pyrrole nitrogens is 1. The Balaban J connectivity index is 1.55. The van der Waals surface area contributed by atoms with Gasteiger partial charge in [-0.3, -0.25) is 19.2 Å². The molecule has 0 aliphatic carbocycles. The molecule has 0 spiro atoms. The summed E-state index contributed by atoms with van der Waals surface area (Å²) < 4.78 is 41.5. The van der Waals surface area contributed by atoms with E-state index in [4.69, 9.17) is 11.6 Å². The number of unbranched alkanes of at least 4 members (excludes halogenated alkanes) is 1. The molecule has 2 aromatic heterocycles. The molecule has 8 nitrogen and oxygen atoms in total. The third-order valence-corrected chi connectivity index (χ3v) is 5.73. The van der Waals surface area contributed by atoms with Crippen molar-refractivity contribution in [3.63, 3.8) is 0 Å². The normalized spacial score (nSPS) is 15.8. The molecule has 1 saturated heterocycles. The minimum absolute atomic E-state index is 0.0289. The van der Waals surface area contributed by atoms with Gasteiger partial charge in [-0.15, -0.1) is 0 Å². The van der Waals surface area contributed by atoms with Gasteiger partial charge in [-0.2, -0.15) is 13.2 Å². The number of piperazine rings is 1. The highest BCUT2D eigenvalue weighted by atomic mass is 35.5. The molecule has 12 heteroatoms. The van der Waals surface area contributed by atoms with Crippen LogP contribution in [-0.4, -0.2) is 57.1 Å². The van der Waals surface area contributed by atoms with Gasteiger partial charge < -0.3 is 4.90 Å². The summed E-state index contributed by atoms with van der Waals surface area (Å²) in [6.07, 6.45) is -1.65. The van der Waals surface area contributed by atoms with Gasteiger partial charge in [0.15, 0.2) is 0 Å². The number of aryl methyl sites for hydroxylation is 1. The number of hydrogen-bond acceptors (Lipinski definition) is 6. The predicted octanol–water partition coefficient (Wildman–Crippen LogP) is 2.90. The summed E-state index contributed by atoms with van der Waals surface area (Å²) in [7, 11) is 0. The van der Waals surface area contributed by atoms with Gasteiger partial charge in [-0.25, -0.2) is 14.8 Å². The summed E-state index contributed by atoms with van der Waals surface area (Å²) in [5, 5.41) is -0.0289. The van der Waals surface area contributed by atoms with E-state index in [2.05, 4.69) is 19.9 Å². The molecule has 0 saturated carbocycles. The van der Waals surface area contributed by atoms with E-state index in [9.17, 15) is 22.8 Å². The summed E-state index contributed by atoms with van der Waals surface area (Å²) in [6.45, 7) is 9.12. The molecule has 3 rings (SSSR count). The number of nitrogens with one attached hydrogen (secondary N) is 1. The predicted molar refractivity (Wildman–Crippen MR) is 120 cm³/mol. The van der Waals surface area contributed by atoms with Crippen molar-refractivity contribution >= 4 is 17.4 Å². The van der Waals surface area contributed by atoms with Gasteiger partial charge >= 0.3 is 11.9 Å². The average Bonchev–Trinajstić information content (AvgIpc) is 2.73. The first-order valence-electron chi connectivity index (χ1n) is 10.8. The number of rotatable bonds is 6. The molecule has 0 bridgehead atoms. The second kappa shape index (κ2) is 9.84. The van der Waals surface area contributed by atoms with Crippen LogP contribution in [0, 0.1) is 0 Å². The zero-order valence-corrected chi connectivity index (χ0v) is 19.6. The Morgan fingerprint density at radius 2 is 1.67 bits per heavy atom. The molecule has 3 heterocycles. The first-order valence-corrected chi connectivity index (χ1v) is 11.2. The van der Waals surface area contributed by atoms with E-state index in [1.165, 1.54) is 10.8 Å². The maximum absolute atomic E-state index is 13.4. The third-order valence-electron chi connectivity index (χ3n) is 5.46. The van der Waals surface area contributed by atoms with Crippen molar-refractivity contribution in [3.05, 3.63) is 49.6 Å².